The summed E-state index contributed by atoms with van der Waals surface area (Å²) in [5.41, 5.74) is 4.39. The summed E-state index contributed by atoms with van der Waals surface area (Å²) < 4.78 is 46.3. The van der Waals surface area contributed by atoms with Gasteiger partial charge in [0.1, 0.15) is 23.9 Å². The fourth-order valence-electron chi connectivity index (χ4n) is 3.15. The van der Waals surface area contributed by atoms with Crippen molar-refractivity contribution in [2.75, 3.05) is 0 Å². The lowest BCUT2D eigenvalue weighted by Gasteiger charge is -2.10. The zero-order chi connectivity index (χ0) is 22.7. The molecule has 0 spiro atoms. The number of benzene rings is 3. The number of nitrogens with one attached hydrogen (secondary N) is 1. The van der Waals surface area contributed by atoms with Crippen LogP contribution in [0.4, 0.5) is 13.2 Å². The molecular weight excluding hydrogens is 441 g/mol. The third kappa shape index (κ3) is 5.42. The third-order valence-corrected chi connectivity index (χ3v) is 4.94. The summed E-state index contributed by atoms with van der Waals surface area (Å²) in [6, 6.07) is 20.5. The summed E-state index contributed by atoms with van der Waals surface area (Å²) in [7, 11) is 0. The molecule has 0 aliphatic carbocycles. The molecule has 1 heterocycles. The second-order valence-electron chi connectivity index (χ2n) is 7.07. The Morgan fingerprint density at radius 1 is 0.844 bits per heavy atom. The van der Waals surface area contributed by atoms with Crippen molar-refractivity contribution in [3.05, 3.63) is 89.1 Å². The van der Waals surface area contributed by atoms with Crippen molar-refractivity contribution in [2.45, 2.75) is 19.9 Å². The highest BCUT2D eigenvalue weighted by molar-refractivity contribution is 6.30. The monoisotopic (exact) mass is 458 g/mol. The van der Waals surface area contributed by atoms with Crippen LogP contribution < -0.4 is 9.47 Å². The Morgan fingerprint density at radius 3 is 2.06 bits per heavy atom. The van der Waals surface area contributed by atoms with Gasteiger partial charge in [0.25, 0.3) is 0 Å². The molecule has 0 bridgehead atoms. The molecule has 164 valence electrons. The highest BCUT2D eigenvalue weighted by Gasteiger charge is 2.30. The van der Waals surface area contributed by atoms with E-state index in [2.05, 4.69) is 9.72 Å². The SMILES string of the molecule is Cc1[nH]c(-c2ccc(OCc3ccc(OC(F)(F)F)cc3)cc2)nc1-c1ccc(Cl)cc1. The normalized spacial score (nSPS) is 11.4. The van der Waals surface area contributed by atoms with Gasteiger partial charge in [0.15, 0.2) is 0 Å². The number of hydrogen-bond donors (Lipinski definition) is 1. The van der Waals surface area contributed by atoms with E-state index in [0.29, 0.717) is 10.8 Å². The van der Waals surface area contributed by atoms with Crippen LogP contribution in [0, 0.1) is 6.92 Å². The number of alkyl halides is 3. The predicted molar refractivity (Wildman–Crippen MR) is 117 cm³/mol. The number of halogens is 4. The van der Waals surface area contributed by atoms with Gasteiger partial charge >= 0.3 is 6.36 Å². The van der Waals surface area contributed by atoms with Gasteiger partial charge in [0, 0.05) is 21.8 Å². The van der Waals surface area contributed by atoms with Crippen molar-refractivity contribution < 1.29 is 22.6 Å². The van der Waals surface area contributed by atoms with Gasteiger partial charge in [0.05, 0.1) is 5.69 Å². The smallest absolute Gasteiger partial charge is 0.489 e. The van der Waals surface area contributed by atoms with Gasteiger partial charge in [-0.15, -0.1) is 13.2 Å². The first-order valence-corrected chi connectivity index (χ1v) is 10.0. The molecule has 4 aromatic rings. The molecule has 3 aromatic carbocycles. The minimum atomic E-state index is -4.71. The van der Waals surface area contributed by atoms with Gasteiger partial charge in [-0.1, -0.05) is 35.9 Å². The van der Waals surface area contributed by atoms with Crippen LogP contribution in [0.2, 0.25) is 5.02 Å². The lowest BCUT2D eigenvalue weighted by atomic mass is 10.1. The maximum absolute atomic E-state index is 12.2. The molecule has 0 saturated heterocycles. The Morgan fingerprint density at radius 2 is 1.44 bits per heavy atom. The maximum Gasteiger partial charge on any atom is 0.573 e. The number of nitrogens with zero attached hydrogens (tertiary/aromatic N) is 1. The van der Waals surface area contributed by atoms with Gasteiger partial charge in [0.2, 0.25) is 0 Å². The molecular formula is C24H18ClF3N2O2. The van der Waals surface area contributed by atoms with Gasteiger partial charge < -0.3 is 14.5 Å². The standard InChI is InChI=1S/C24H18ClF3N2O2/c1-15-22(17-4-8-19(25)9-5-17)30-23(29-15)18-6-12-20(13-7-18)31-14-16-2-10-21(11-3-16)32-24(26,27)28/h2-13H,14H2,1H3,(H,29,30). The quantitative estimate of drug-likeness (QED) is 0.333. The maximum atomic E-state index is 12.2. The van der Waals surface area contributed by atoms with E-state index in [1.165, 1.54) is 24.3 Å². The Bertz CT molecular complexity index is 1190. The molecule has 4 rings (SSSR count). The average molecular weight is 459 g/mol. The molecule has 0 radical (unpaired) electrons. The Kier molecular flexibility index (Phi) is 6.10. The number of aryl methyl sites for hydroxylation is 1. The van der Waals surface area contributed by atoms with Gasteiger partial charge in [-0.25, -0.2) is 4.98 Å². The fraction of sp³-hybridized carbons (Fsp3) is 0.125. The van der Waals surface area contributed by atoms with E-state index in [-0.39, 0.29) is 12.4 Å². The Balaban J connectivity index is 1.40. The van der Waals surface area contributed by atoms with Crippen LogP contribution in [0.1, 0.15) is 11.3 Å². The number of aromatic amines is 1. The topological polar surface area (TPSA) is 47.1 Å². The Labute approximate surface area is 187 Å². The predicted octanol–water partition coefficient (Wildman–Crippen LogP) is 7.18. The minimum absolute atomic E-state index is 0.215. The number of H-pyrrole nitrogens is 1. The minimum Gasteiger partial charge on any atom is -0.489 e. The molecule has 0 fully saturated rings. The van der Waals surface area contributed by atoms with Crippen LogP contribution in [0.3, 0.4) is 0 Å². The molecule has 1 aromatic heterocycles. The third-order valence-electron chi connectivity index (χ3n) is 4.69. The lowest BCUT2D eigenvalue weighted by Crippen LogP contribution is -2.17. The van der Waals surface area contributed by atoms with Gasteiger partial charge in [-0.2, -0.15) is 0 Å². The Hall–Kier alpha value is -3.45. The van der Waals surface area contributed by atoms with Crippen molar-refractivity contribution in [3.8, 4) is 34.1 Å². The first-order valence-electron chi connectivity index (χ1n) is 9.67. The van der Waals surface area contributed by atoms with Crippen LogP contribution >= 0.6 is 11.6 Å². The summed E-state index contributed by atoms with van der Waals surface area (Å²) in [4.78, 5) is 8.00. The summed E-state index contributed by atoms with van der Waals surface area (Å²) >= 11 is 5.96. The second kappa shape index (κ2) is 8.96. The molecule has 1 N–H and O–H groups in total. The first-order chi connectivity index (χ1) is 15.3. The summed E-state index contributed by atoms with van der Waals surface area (Å²) in [6.45, 7) is 2.18. The van der Waals surface area contributed by atoms with E-state index < -0.39 is 6.36 Å². The highest BCUT2D eigenvalue weighted by Crippen LogP contribution is 2.28. The molecule has 0 atom stereocenters. The number of aromatic nitrogens is 2. The highest BCUT2D eigenvalue weighted by atomic mass is 35.5. The first kappa shape index (κ1) is 21.8. The average Bonchev–Trinajstić information content (AvgIpc) is 3.15. The number of imidazole rings is 1. The zero-order valence-electron chi connectivity index (χ0n) is 16.9. The molecule has 8 heteroatoms. The van der Waals surface area contributed by atoms with Crippen molar-refractivity contribution in [1.29, 1.82) is 0 Å². The zero-order valence-corrected chi connectivity index (χ0v) is 17.7. The summed E-state index contributed by atoms with van der Waals surface area (Å²) in [5.74, 6) is 1.10. The molecule has 4 nitrogen and oxygen atoms in total. The van der Waals surface area contributed by atoms with Crippen molar-refractivity contribution in [1.82, 2.24) is 9.97 Å². The van der Waals surface area contributed by atoms with Crippen LogP contribution in [-0.4, -0.2) is 16.3 Å². The van der Waals surface area contributed by atoms with E-state index >= 15 is 0 Å². The van der Waals surface area contributed by atoms with Crippen LogP contribution in [0.25, 0.3) is 22.6 Å². The number of hydrogen-bond acceptors (Lipinski definition) is 3. The van der Waals surface area contributed by atoms with Crippen molar-refractivity contribution >= 4 is 11.6 Å². The van der Waals surface area contributed by atoms with E-state index in [9.17, 15) is 13.2 Å². The molecule has 0 saturated carbocycles. The van der Waals surface area contributed by atoms with E-state index in [4.69, 9.17) is 21.3 Å². The number of rotatable bonds is 6. The van der Waals surface area contributed by atoms with Crippen molar-refractivity contribution in [2.24, 2.45) is 0 Å². The molecule has 0 aliphatic rings. The molecule has 0 unspecified atom stereocenters. The second-order valence-corrected chi connectivity index (χ2v) is 7.51. The molecule has 32 heavy (non-hydrogen) atoms. The molecule has 0 amide bonds. The van der Waals surface area contributed by atoms with Crippen molar-refractivity contribution in [3.63, 3.8) is 0 Å². The summed E-state index contributed by atoms with van der Waals surface area (Å²) in [6.07, 6.45) is -4.71. The van der Waals surface area contributed by atoms with Crippen LogP contribution in [-0.2, 0) is 6.61 Å². The lowest BCUT2D eigenvalue weighted by molar-refractivity contribution is -0.274. The van der Waals surface area contributed by atoms with E-state index in [1.54, 1.807) is 0 Å². The van der Waals surface area contributed by atoms with Crippen LogP contribution in [0.5, 0.6) is 11.5 Å². The van der Waals surface area contributed by atoms with Gasteiger partial charge in [-0.3, -0.25) is 0 Å². The largest absolute Gasteiger partial charge is 0.573 e. The van der Waals surface area contributed by atoms with E-state index in [0.717, 1.165) is 33.9 Å². The molecule has 0 aliphatic heterocycles. The van der Waals surface area contributed by atoms with Crippen LogP contribution in [0.15, 0.2) is 72.8 Å². The van der Waals surface area contributed by atoms with Gasteiger partial charge in [-0.05, 0) is 61.0 Å². The number of ether oxygens (including phenoxy) is 2. The van der Waals surface area contributed by atoms with E-state index in [1.807, 2.05) is 55.5 Å². The fourth-order valence-corrected chi connectivity index (χ4v) is 3.27. The summed E-state index contributed by atoms with van der Waals surface area (Å²) in [5, 5.41) is 0.670.